The smallest absolute Gasteiger partial charge is 0.104 e. The highest BCUT2D eigenvalue weighted by Crippen LogP contribution is 2.16. The van der Waals surface area contributed by atoms with Gasteiger partial charge in [-0.1, -0.05) is 103 Å². The van der Waals surface area contributed by atoms with E-state index in [0.717, 1.165) is 6.42 Å². The van der Waals surface area contributed by atoms with Gasteiger partial charge in [0, 0.05) is 0 Å². The lowest BCUT2D eigenvalue weighted by Crippen LogP contribution is -2.37. The van der Waals surface area contributed by atoms with Gasteiger partial charge in [-0.3, -0.25) is 0 Å². The second-order valence-electron chi connectivity index (χ2n) is 7.83. The number of hydrogen-bond acceptors (Lipinski definition) is 3. The number of hydrogen-bond donors (Lipinski definition) is 1. The minimum absolute atomic E-state index is 0.0751. The molecule has 0 aromatic rings. The van der Waals surface area contributed by atoms with Gasteiger partial charge < -0.3 is 14.6 Å². The molecule has 0 radical (unpaired) electrons. The first kappa shape index (κ1) is 22.9. The summed E-state index contributed by atoms with van der Waals surface area (Å²) < 4.78 is 11.3. The second-order valence-corrected chi connectivity index (χ2v) is 7.83. The Balaban J connectivity index is 1.71. The van der Waals surface area contributed by atoms with Gasteiger partial charge in [-0.15, -0.1) is 0 Å². The van der Waals surface area contributed by atoms with Crippen LogP contribution in [-0.2, 0) is 9.47 Å². The van der Waals surface area contributed by atoms with Crippen molar-refractivity contribution in [2.24, 2.45) is 0 Å². The van der Waals surface area contributed by atoms with Gasteiger partial charge in [-0.25, -0.2) is 0 Å². The zero-order valence-electron chi connectivity index (χ0n) is 16.9. The van der Waals surface area contributed by atoms with Crippen molar-refractivity contribution in [3.63, 3.8) is 0 Å². The molecule has 0 aromatic carbocycles. The van der Waals surface area contributed by atoms with Crippen molar-refractivity contribution in [1.29, 1.82) is 0 Å². The number of ether oxygens (including phenoxy) is 2. The second kappa shape index (κ2) is 17.3. The zero-order valence-corrected chi connectivity index (χ0v) is 16.9. The van der Waals surface area contributed by atoms with Gasteiger partial charge >= 0.3 is 0 Å². The molecule has 0 amide bonds. The minimum atomic E-state index is -0.0997. The van der Waals surface area contributed by atoms with Crippen molar-refractivity contribution in [3.05, 3.63) is 0 Å². The molecule has 0 aromatic heterocycles. The van der Waals surface area contributed by atoms with E-state index in [-0.39, 0.29) is 18.8 Å². The molecule has 1 rings (SSSR count). The first-order valence-electron chi connectivity index (χ1n) is 11.2. The zero-order chi connectivity index (χ0) is 18.0. The van der Waals surface area contributed by atoms with Crippen LogP contribution in [0.3, 0.4) is 0 Å². The summed E-state index contributed by atoms with van der Waals surface area (Å²) in [6.07, 6.45) is 22.3. The van der Waals surface area contributed by atoms with Crippen molar-refractivity contribution in [2.75, 3.05) is 19.8 Å². The third-order valence-corrected chi connectivity index (χ3v) is 5.37. The number of rotatable bonds is 17. The van der Waals surface area contributed by atoms with E-state index in [1.54, 1.807) is 0 Å². The SMILES string of the molecule is CCCCCCCCCCCCCCCCCC1COC(CO)CO1. The lowest BCUT2D eigenvalue weighted by Gasteiger charge is -2.28. The molecule has 0 spiro atoms. The quantitative estimate of drug-likeness (QED) is 0.324. The summed E-state index contributed by atoms with van der Waals surface area (Å²) in [5.74, 6) is 0. The molecule has 2 unspecified atom stereocenters. The number of unbranched alkanes of at least 4 members (excludes halogenated alkanes) is 14. The lowest BCUT2D eigenvalue weighted by atomic mass is 10.0. The normalized spacial score (nSPS) is 20.9. The predicted molar refractivity (Wildman–Crippen MR) is 106 cm³/mol. The van der Waals surface area contributed by atoms with Crippen molar-refractivity contribution in [1.82, 2.24) is 0 Å². The third-order valence-electron chi connectivity index (χ3n) is 5.37. The van der Waals surface area contributed by atoms with Gasteiger partial charge in [0.25, 0.3) is 0 Å². The Labute approximate surface area is 156 Å². The van der Waals surface area contributed by atoms with Crippen LogP contribution in [0.1, 0.15) is 110 Å². The molecule has 0 aliphatic carbocycles. The Morgan fingerprint density at radius 3 is 1.40 bits per heavy atom. The van der Waals surface area contributed by atoms with E-state index in [2.05, 4.69) is 6.92 Å². The van der Waals surface area contributed by atoms with Crippen molar-refractivity contribution in [3.8, 4) is 0 Å². The van der Waals surface area contributed by atoms with Crippen LogP contribution in [-0.4, -0.2) is 37.1 Å². The highest BCUT2D eigenvalue weighted by molar-refractivity contribution is 4.67. The van der Waals surface area contributed by atoms with E-state index in [9.17, 15) is 0 Å². The number of aliphatic hydroxyl groups excluding tert-OH is 1. The molecule has 1 aliphatic rings. The fourth-order valence-electron chi connectivity index (χ4n) is 3.60. The van der Waals surface area contributed by atoms with E-state index >= 15 is 0 Å². The average Bonchev–Trinajstić information content (AvgIpc) is 2.65. The molecule has 0 bridgehead atoms. The molecule has 1 aliphatic heterocycles. The van der Waals surface area contributed by atoms with Gasteiger partial charge in [0.15, 0.2) is 0 Å². The van der Waals surface area contributed by atoms with Crippen LogP contribution in [0, 0.1) is 0 Å². The first-order valence-corrected chi connectivity index (χ1v) is 11.2. The maximum atomic E-state index is 8.99. The molecule has 150 valence electrons. The molecular weight excluding hydrogens is 312 g/mol. The van der Waals surface area contributed by atoms with Crippen LogP contribution in [0.2, 0.25) is 0 Å². The molecule has 25 heavy (non-hydrogen) atoms. The van der Waals surface area contributed by atoms with Crippen molar-refractivity contribution < 1.29 is 14.6 Å². The first-order chi connectivity index (χ1) is 12.4. The standard InChI is InChI=1S/C22H44O3/c1-2-3-4-5-6-7-8-9-10-11-12-13-14-15-16-17-21-19-25-22(18-23)20-24-21/h21-23H,2-20H2,1H3. The van der Waals surface area contributed by atoms with E-state index < -0.39 is 0 Å². The summed E-state index contributed by atoms with van der Waals surface area (Å²) in [4.78, 5) is 0. The van der Waals surface area contributed by atoms with Crippen LogP contribution in [0.4, 0.5) is 0 Å². The molecule has 1 fully saturated rings. The van der Waals surface area contributed by atoms with Gasteiger partial charge in [-0.05, 0) is 6.42 Å². The van der Waals surface area contributed by atoms with Crippen LogP contribution in [0.5, 0.6) is 0 Å². The monoisotopic (exact) mass is 356 g/mol. The Morgan fingerprint density at radius 2 is 1.00 bits per heavy atom. The Bertz CT molecular complexity index is 262. The largest absolute Gasteiger partial charge is 0.394 e. The van der Waals surface area contributed by atoms with Crippen LogP contribution in [0.25, 0.3) is 0 Å². The Kier molecular flexibility index (Phi) is 15.9. The fraction of sp³-hybridized carbons (Fsp3) is 1.00. The number of aliphatic hydroxyl groups is 1. The van der Waals surface area contributed by atoms with Gasteiger partial charge in [0.2, 0.25) is 0 Å². The van der Waals surface area contributed by atoms with Crippen molar-refractivity contribution >= 4 is 0 Å². The Hall–Kier alpha value is -0.120. The fourth-order valence-corrected chi connectivity index (χ4v) is 3.60. The van der Waals surface area contributed by atoms with Gasteiger partial charge in [0.1, 0.15) is 6.10 Å². The summed E-state index contributed by atoms with van der Waals surface area (Å²) >= 11 is 0. The highest BCUT2D eigenvalue weighted by atomic mass is 16.6. The molecule has 3 nitrogen and oxygen atoms in total. The summed E-state index contributed by atoms with van der Waals surface area (Å²) in [5, 5.41) is 8.99. The Morgan fingerprint density at radius 1 is 0.600 bits per heavy atom. The van der Waals surface area contributed by atoms with E-state index in [4.69, 9.17) is 14.6 Å². The molecule has 2 atom stereocenters. The predicted octanol–water partition coefficient (Wildman–Crippen LogP) is 6.02. The maximum absolute atomic E-state index is 8.99. The molecule has 1 saturated heterocycles. The molecule has 3 heteroatoms. The molecule has 1 N–H and O–H groups in total. The van der Waals surface area contributed by atoms with E-state index in [1.807, 2.05) is 0 Å². The van der Waals surface area contributed by atoms with Crippen LogP contribution in [0.15, 0.2) is 0 Å². The maximum Gasteiger partial charge on any atom is 0.104 e. The molecular formula is C22H44O3. The van der Waals surface area contributed by atoms with Gasteiger partial charge in [0.05, 0.1) is 25.9 Å². The topological polar surface area (TPSA) is 38.7 Å². The van der Waals surface area contributed by atoms with Crippen molar-refractivity contribution in [2.45, 2.75) is 122 Å². The summed E-state index contributed by atoms with van der Waals surface area (Å²) in [7, 11) is 0. The highest BCUT2D eigenvalue weighted by Gasteiger charge is 2.20. The lowest BCUT2D eigenvalue weighted by molar-refractivity contribution is -0.146. The summed E-state index contributed by atoms with van der Waals surface area (Å²) in [6.45, 7) is 3.57. The van der Waals surface area contributed by atoms with Gasteiger partial charge in [-0.2, -0.15) is 0 Å². The van der Waals surface area contributed by atoms with E-state index in [1.165, 1.54) is 96.3 Å². The van der Waals surface area contributed by atoms with Crippen LogP contribution >= 0.6 is 0 Å². The summed E-state index contributed by atoms with van der Waals surface area (Å²) in [6, 6.07) is 0. The van der Waals surface area contributed by atoms with Crippen LogP contribution < -0.4 is 0 Å². The van der Waals surface area contributed by atoms with E-state index in [0.29, 0.717) is 13.2 Å². The molecule has 1 heterocycles. The summed E-state index contributed by atoms with van der Waals surface area (Å²) in [5.41, 5.74) is 0. The third kappa shape index (κ3) is 13.7. The minimum Gasteiger partial charge on any atom is -0.394 e. The average molecular weight is 357 g/mol. The molecule has 0 saturated carbocycles.